The van der Waals surface area contributed by atoms with Gasteiger partial charge in [-0.25, -0.2) is 9.50 Å². The topological polar surface area (TPSA) is 69.1 Å². The van der Waals surface area contributed by atoms with E-state index in [1.807, 2.05) is 35.0 Å². The van der Waals surface area contributed by atoms with Gasteiger partial charge in [-0.05, 0) is 28.5 Å². The predicted molar refractivity (Wildman–Crippen MR) is 104 cm³/mol. The van der Waals surface area contributed by atoms with Crippen molar-refractivity contribution in [1.29, 1.82) is 0 Å². The van der Waals surface area contributed by atoms with E-state index >= 15 is 0 Å². The first-order valence-corrected chi connectivity index (χ1v) is 9.10. The fourth-order valence-corrected chi connectivity index (χ4v) is 3.98. The predicted octanol–water partition coefficient (Wildman–Crippen LogP) is 4.05. The number of benzene rings is 2. The Morgan fingerprint density at radius 3 is 2.69 bits per heavy atom. The van der Waals surface area contributed by atoms with Crippen LogP contribution in [-0.4, -0.2) is 19.6 Å². The summed E-state index contributed by atoms with van der Waals surface area (Å²) < 4.78 is 1.88. The summed E-state index contributed by atoms with van der Waals surface area (Å²) in [4.78, 5) is 9.50. The number of nitrogens with two attached hydrogens (primary N) is 1. The lowest BCUT2D eigenvalue weighted by molar-refractivity contribution is 0.805. The van der Waals surface area contributed by atoms with Crippen LogP contribution in [0.1, 0.15) is 16.6 Å². The van der Waals surface area contributed by atoms with Crippen molar-refractivity contribution >= 4 is 27.1 Å². The monoisotopic (exact) mass is 357 g/mol. The fourth-order valence-electron chi connectivity index (χ4n) is 3.08. The average Bonchev–Trinajstić information content (AvgIpc) is 3.28. The highest BCUT2D eigenvalue weighted by molar-refractivity contribution is 7.16. The molecule has 0 fully saturated rings. The maximum absolute atomic E-state index is 6.37. The quantitative estimate of drug-likeness (QED) is 0.529. The molecule has 0 radical (unpaired) electrons. The third-order valence-corrected chi connectivity index (χ3v) is 5.46. The minimum atomic E-state index is -0.306. The van der Waals surface area contributed by atoms with Crippen molar-refractivity contribution in [2.24, 2.45) is 5.73 Å². The molecule has 0 saturated heterocycles. The molecule has 1 atom stereocenters. The van der Waals surface area contributed by atoms with Crippen LogP contribution < -0.4 is 5.73 Å². The molecule has 0 aliphatic carbocycles. The van der Waals surface area contributed by atoms with E-state index in [2.05, 4.69) is 40.3 Å². The van der Waals surface area contributed by atoms with Crippen molar-refractivity contribution in [3.8, 4) is 11.3 Å². The molecule has 1 unspecified atom stereocenters. The van der Waals surface area contributed by atoms with E-state index in [1.54, 1.807) is 12.4 Å². The van der Waals surface area contributed by atoms with Crippen molar-refractivity contribution in [2.75, 3.05) is 0 Å². The fraction of sp³-hybridized carbons (Fsp3) is 0.0500. The largest absolute Gasteiger partial charge is 0.318 e. The highest BCUT2D eigenvalue weighted by Crippen LogP contribution is 2.29. The summed E-state index contributed by atoms with van der Waals surface area (Å²) in [6, 6.07) is 18.3. The molecule has 5 aromatic rings. The van der Waals surface area contributed by atoms with Crippen LogP contribution in [0.15, 0.2) is 73.2 Å². The number of hydrogen-bond acceptors (Lipinski definition) is 5. The van der Waals surface area contributed by atoms with Crippen molar-refractivity contribution in [2.45, 2.75) is 6.04 Å². The van der Waals surface area contributed by atoms with Crippen LogP contribution in [0.2, 0.25) is 0 Å². The van der Waals surface area contributed by atoms with Gasteiger partial charge in [0, 0.05) is 18.0 Å². The highest BCUT2D eigenvalue weighted by Gasteiger charge is 2.17. The Balaban J connectivity index is 1.59. The number of imidazole rings is 1. The molecule has 0 amide bonds. The Hall–Kier alpha value is -3.09. The molecule has 2 aromatic carbocycles. The molecule has 3 aromatic heterocycles. The van der Waals surface area contributed by atoms with Gasteiger partial charge in [0.25, 0.3) is 0 Å². The molecule has 26 heavy (non-hydrogen) atoms. The molecular weight excluding hydrogens is 342 g/mol. The SMILES string of the molecule is NC(c1cccnc1)c1nn2c(-c3ccc4ccccc4c3)cnc2s1. The van der Waals surface area contributed by atoms with Gasteiger partial charge >= 0.3 is 0 Å². The number of hydrogen-bond donors (Lipinski definition) is 1. The first kappa shape index (κ1) is 15.2. The van der Waals surface area contributed by atoms with Crippen LogP contribution in [0.25, 0.3) is 27.0 Å². The zero-order valence-electron chi connectivity index (χ0n) is 13.8. The van der Waals surface area contributed by atoms with Crippen LogP contribution in [0.4, 0.5) is 0 Å². The Morgan fingerprint density at radius 1 is 0.962 bits per heavy atom. The number of nitrogens with zero attached hydrogens (tertiary/aromatic N) is 4. The number of fused-ring (bicyclic) bond motifs is 2. The van der Waals surface area contributed by atoms with E-state index in [-0.39, 0.29) is 6.04 Å². The second kappa shape index (κ2) is 6.01. The second-order valence-corrected chi connectivity index (χ2v) is 7.09. The van der Waals surface area contributed by atoms with E-state index in [0.717, 1.165) is 26.8 Å². The lowest BCUT2D eigenvalue weighted by Crippen LogP contribution is -2.12. The third kappa shape index (κ3) is 2.47. The molecule has 0 aliphatic rings. The number of pyridine rings is 1. The minimum absolute atomic E-state index is 0.306. The van der Waals surface area contributed by atoms with E-state index in [1.165, 1.54) is 22.1 Å². The molecular formula is C20H15N5S. The summed E-state index contributed by atoms with van der Waals surface area (Å²) in [5.41, 5.74) is 9.36. The van der Waals surface area contributed by atoms with Gasteiger partial charge in [-0.2, -0.15) is 5.10 Å². The van der Waals surface area contributed by atoms with E-state index < -0.39 is 0 Å². The van der Waals surface area contributed by atoms with E-state index in [4.69, 9.17) is 10.8 Å². The first-order valence-electron chi connectivity index (χ1n) is 8.29. The van der Waals surface area contributed by atoms with Crippen LogP contribution in [0, 0.1) is 0 Å². The van der Waals surface area contributed by atoms with Gasteiger partial charge in [-0.15, -0.1) is 0 Å². The maximum Gasteiger partial charge on any atom is 0.212 e. The van der Waals surface area contributed by atoms with Crippen molar-refractivity contribution in [3.63, 3.8) is 0 Å². The zero-order chi connectivity index (χ0) is 17.5. The van der Waals surface area contributed by atoms with Crippen LogP contribution in [0.5, 0.6) is 0 Å². The second-order valence-electron chi connectivity index (χ2n) is 6.10. The number of aromatic nitrogens is 4. The highest BCUT2D eigenvalue weighted by atomic mass is 32.1. The average molecular weight is 357 g/mol. The molecule has 3 heterocycles. The normalized spacial score (nSPS) is 12.7. The van der Waals surface area contributed by atoms with Crippen LogP contribution in [0.3, 0.4) is 0 Å². The van der Waals surface area contributed by atoms with Gasteiger partial charge in [0.15, 0.2) is 0 Å². The summed E-state index contributed by atoms with van der Waals surface area (Å²) >= 11 is 1.51. The van der Waals surface area contributed by atoms with Gasteiger partial charge in [0.05, 0.1) is 17.9 Å². The Morgan fingerprint density at radius 2 is 1.85 bits per heavy atom. The molecule has 0 spiro atoms. The molecule has 0 bridgehead atoms. The molecule has 6 heteroatoms. The summed E-state index contributed by atoms with van der Waals surface area (Å²) in [7, 11) is 0. The van der Waals surface area contributed by atoms with Gasteiger partial charge in [0.2, 0.25) is 4.96 Å². The summed E-state index contributed by atoms with van der Waals surface area (Å²) in [6.45, 7) is 0. The van der Waals surface area contributed by atoms with Gasteiger partial charge < -0.3 is 5.73 Å². The Kier molecular flexibility index (Phi) is 3.51. The lowest BCUT2D eigenvalue weighted by atomic mass is 10.1. The van der Waals surface area contributed by atoms with Crippen LogP contribution in [-0.2, 0) is 0 Å². The summed E-state index contributed by atoms with van der Waals surface area (Å²) in [5, 5.41) is 7.96. The number of rotatable bonds is 3. The molecule has 5 rings (SSSR count). The molecule has 0 aliphatic heterocycles. The van der Waals surface area contributed by atoms with Crippen molar-refractivity contribution in [1.82, 2.24) is 19.6 Å². The van der Waals surface area contributed by atoms with Crippen molar-refractivity contribution in [3.05, 3.63) is 83.8 Å². The van der Waals surface area contributed by atoms with E-state index in [0.29, 0.717) is 0 Å². The van der Waals surface area contributed by atoms with Gasteiger partial charge in [-0.3, -0.25) is 4.98 Å². The maximum atomic E-state index is 6.37. The minimum Gasteiger partial charge on any atom is -0.318 e. The summed E-state index contributed by atoms with van der Waals surface area (Å²) in [6.07, 6.45) is 5.38. The van der Waals surface area contributed by atoms with E-state index in [9.17, 15) is 0 Å². The first-order chi connectivity index (χ1) is 12.8. The van der Waals surface area contributed by atoms with Crippen LogP contribution >= 0.6 is 11.3 Å². The standard InChI is InChI=1S/C20H15N5S/c21-18(16-6-3-9-22-11-16)19-24-25-17(12-23-20(25)26-19)15-8-7-13-4-1-2-5-14(13)10-15/h1-12,18H,21H2. The smallest absolute Gasteiger partial charge is 0.212 e. The Labute approximate surface area is 153 Å². The lowest BCUT2D eigenvalue weighted by Gasteiger charge is -2.07. The zero-order valence-corrected chi connectivity index (χ0v) is 14.6. The van der Waals surface area contributed by atoms with Gasteiger partial charge in [0.1, 0.15) is 5.01 Å². The summed E-state index contributed by atoms with van der Waals surface area (Å²) in [5.74, 6) is 0. The molecule has 2 N–H and O–H groups in total. The molecule has 5 nitrogen and oxygen atoms in total. The van der Waals surface area contributed by atoms with Crippen molar-refractivity contribution < 1.29 is 0 Å². The Bertz CT molecular complexity index is 1210. The molecule has 0 saturated carbocycles. The third-order valence-electron chi connectivity index (χ3n) is 4.46. The van der Waals surface area contributed by atoms with Gasteiger partial charge in [-0.1, -0.05) is 53.8 Å². The molecule has 126 valence electrons.